The number of nitrogens with zero attached hydrogens (tertiary/aromatic N) is 4. The van der Waals surface area contributed by atoms with E-state index in [2.05, 4.69) is 10.3 Å². The van der Waals surface area contributed by atoms with E-state index in [4.69, 9.17) is 4.74 Å². The van der Waals surface area contributed by atoms with Gasteiger partial charge in [0, 0.05) is 19.9 Å². The second-order valence-electron chi connectivity index (χ2n) is 6.67. The molecule has 2 aromatic rings. The highest BCUT2D eigenvalue weighted by atomic mass is 16.5. The summed E-state index contributed by atoms with van der Waals surface area (Å²) >= 11 is 0. The van der Waals surface area contributed by atoms with Gasteiger partial charge in [-0.3, -0.25) is 4.79 Å². The Morgan fingerprint density at radius 1 is 1.40 bits per heavy atom. The molecule has 1 aromatic heterocycles. The molecule has 0 aliphatic carbocycles. The molecule has 1 aliphatic heterocycles. The third-order valence-electron chi connectivity index (χ3n) is 4.49. The smallest absolute Gasteiger partial charge is 0.227 e. The molecule has 7 heteroatoms. The van der Waals surface area contributed by atoms with Crippen LogP contribution in [0.5, 0.6) is 0 Å². The molecule has 0 spiro atoms. The predicted octanol–water partition coefficient (Wildman–Crippen LogP) is 1.02. The van der Waals surface area contributed by atoms with E-state index in [9.17, 15) is 9.90 Å². The number of β-amino-alcohol motifs (C(OH)–C–C–N with tert-alkyl or cyclic N) is 1. The maximum absolute atomic E-state index is 12.7. The Bertz CT molecular complexity index is 704. The predicted molar refractivity (Wildman–Crippen MR) is 91.6 cm³/mol. The lowest BCUT2D eigenvalue weighted by Crippen LogP contribution is -2.52. The molecule has 1 unspecified atom stereocenters. The standard InChI is InChI=1S/C18H24N4O3/c1-25-12-16-5-2-4-15(10-16)11-17(23)21-8-3-6-18(24,13-21)14-22-9-7-19-20-22/h2,4-5,7,9-10,24H,3,6,8,11-14H2,1H3. The number of aromatic nitrogens is 3. The van der Waals surface area contributed by atoms with Gasteiger partial charge < -0.3 is 14.7 Å². The molecule has 134 valence electrons. The number of carbonyl (C=O) groups is 1. The lowest BCUT2D eigenvalue weighted by molar-refractivity contribution is -0.138. The van der Waals surface area contributed by atoms with Crippen molar-refractivity contribution >= 4 is 5.91 Å². The molecule has 1 amide bonds. The number of benzene rings is 1. The Hall–Kier alpha value is -2.25. The molecule has 7 nitrogen and oxygen atoms in total. The van der Waals surface area contributed by atoms with E-state index in [1.807, 2.05) is 24.3 Å². The average Bonchev–Trinajstić information content (AvgIpc) is 3.08. The van der Waals surface area contributed by atoms with Gasteiger partial charge in [-0.2, -0.15) is 0 Å². The van der Waals surface area contributed by atoms with E-state index < -0.39 is 5.60 Å². The Kier molecular flexibility index (Phi) is 5.45. The zero-order valence-electron chi connectivity index (χ0n) is 14.5. The normalized spacial score (nSPS) is 20.6. The number of aliphatic hydroxyl groups is 1. The number of ether oxygens (including phenoxy) is 1. The molecule has 1 atom stereocenters. The minimum Gasteiger partial charge on any atom is -0.386 e. The maximum Gasteiger partial charge on any atom is 0.227 e. The maximum atomic E-state index is 12.7. The number of methoxy groups -OCH3 is 1. The van der Waals surface area contributed by atoms with Crippen LogP contribution in [0.2, 0.25) is 0 Å². The van der Waals surface area contributed by atoms with Crippen LogP contribution in [0.1, 0.15) is 24.0 Å². The van der Waals surface area contributed by atoms with Crippen molar-refractivity contribution in [1.29, 1.82) is 0 Å². The van der Waals surface area contributed by atoms with E-state index in [0.29, 0.717) is 39.1 Å². The summed E-state index contributed by atoms with van der Waals surface area (Å²) in [4.78, 5) is 14.4. The topological polar surface area (TPSA) is 80.5 Å². The summed E-state index contributed by atoms with van der Waals surface area (Å²) in [5.41, 5.74) is 1.05. The minimum absolute atomic E-state index is 0.0336. The van der Waals surface area contributed by atoms with E-state index in [1.54, 1.807) is 29.1 Å². The first kappa shape index (κ1) is 17.6. The van der Waals surface area contributed by atoms with Crippen LogP contribution in [-0.4, -0.2) is 56.7 Å². The van der Waals surface area contributed by atoms with Gasteiger partial charge in [-0.25, -0.2) is 4.68 Å². The van der Waals surface area contributed by atoms with E-state index >= 15 is 0 Å². The molecule has 1 aromatic carbocycles. The van der Waals surface area contributed by atoms with Crippen LogP contribution >= 0.6 is 0 Å². The first-order valence-corrected chi connectivity index (χ1v) is 8.49. The van der Waals surface area contributed by atoms with Crippen LogP contribution in [0.25, 0.3) is 0 Å². The number of carbonyl (C=O) groups excluding carboxylic acids is 1. The lowest BCUT2D eigenvalue weighted by atomic mass is 9.92. The van der Waals surface area contributed by atoms with E-state index in [1.165, 1.54) is 0 Å². The van der Waals surface area contributed by atoms with Crippen LogP contribution < -0.4 is 0 Å². The van der Waals surface area contributed by atoms with Gasteiger partial charge in [0.1, 0.15) is 5.60 Å². The highest BCUT2D eigenvalue weighted by Gasteiger charge is 2.35. The summed E-state index contributed by atoms with van der Waals surface area (Å²) in [5, 5.41) is 18.5. The number of hydrogen-bond donors (Lipinski definition) is 1. The largest absolute Gasteiger partial charge is 0.386 e. The van der Waals surface area contributed by atoms with Crippen molar-refractivity contribution in [2.75, 3.05) is 20.2 Å². The molecule has 1 fully saturated rings. The summed E-state index contributed by atoms with van der Waals surface area (Å²) in [6.45, 7) is 1.88. The second-order valence-corrected chi connectivity index (χ2v) is 6.67. The van der Waals surface area contributed by atoms with Crippen LogP contribution in [0.3, 0.4) is 0 Å². The van der Waals surface area contributed by atoms with Crippen LogP contribution in [0.15, 0.2) is 36.7 Å². The number of piperidine rings is 1. The fourth-order valence-corrected chi connectivity index (χ4v) is 3.36. The fourth-order valence-electron chi connectivity index (χ4n) is 3.36. The third kappa shape index (κ3) is 4.64. The van der Waals surface area contributed by atoms with Gasteiger partial charge in [-0.05, 0) is 24.0 Å². The highest BCUT2D eigenvalue weighted by Crippen LogP contribution is 2.23. The second kappa shape index (κ2) is 7.76. The van der Waals surface area contributed by atoms with Gasteiger partial charge in [0.2, 0.25) is 5.91 Å². The highest BCUT2D eigenvalue weighted by molar-refractivity contribution is 5.79. The van der Waals surface area contributed by atoms with Gasteiger partial charge in [-0.1, -0.05) is 29.5 Å². The van der Waals surface area contributed by atoms with Gasteiger partial charge in [0.25, 0.3) is 0 Å². The molecule has 2 heterocycles. The summed E-state index contributed by atoms with van der Waals surface area (Å²) in [7, 11) is 1.65. The number of hydrogen-bond acceptors (Lipinski definition) is 5. The number of amides is 1. The van der Waals surface area contributed by atoms with Gasteiger partial charge in [0.15, 0.2) is 0 Å². The molecular weight excluding hydrogens is 320 g/mol. The molecule has 1 saturated heterocycles. The first-order chi connectivity index (χ1) is 12.1. The van der Waals surface area contributed by atoms with Crippen molar-refractivity contribution in [3.8, 4) is 0 Å². The molecule has 0 saturated carbocycles. The zero-order chi connectivity index (χ0) is 17.7. The number of rotatable bonds is 6. The Labute approximate surface area is 147 Å². The van der Waals surface area contributed by atoms with Crippen LogP contribution in [-0.2, 0) is 29.1 Å². The van der Waals surface area contributed by atoms with Crippen molar-refractivity contribution in [1.82, 2.24) is 19.9 Å². The molecule has 25 heavy (non-hydrogen) atoms. The lowest BCUT2D eigenvalue weighted by Gasteiger charge is -2.39. The summed E-state index contributed by atoms with van der Waals surface area (Å²) in [5.74, 6) is 0.0336. The Morgan fingerprint density at radius 3 is 3.00 bits per heavy atom. The molecule has 3 rings (SSSR count). The summed E-state index contributed by atoms with van der Waals surface area (Å²) < 4.78 is 6.75. The van der Waals surface area contributed by atoms with Gasteiger partial charge in [-0.15, -0.1) is 5.10 Å². The van der Waals surface area contributed by atoms with E-state index in [-0.39, 0.29) is 5.91 Å². The molecule has 0 bridgehead atoms. The average molecular weight is 344 g/mol. The first-order valence-electron chi connectivity index (χ1n) is 8.49. The van der Waals surface area contributed by atoms with Crippen molar-refractivity contribution in [3.63, 3.8) is 0 Å². The number of likely N-dealkylation sites (tertiary alicyclic amines) is 1. The summed E-state index contributed by atoms with van der Waals surface area (Å²) in [6, 6.07) is 7.86. The zero-order valence-corrected chi connectivity index (χ0v) is 14.5. The van der Waals surface area contributed by atoms with Gasteiger partial charge in [0.05, 0.1) is 32.3 Å². The Balaban J connectivity index is 1.62. The molecule has 1 aliphatic rings. The fraction of sp³-hybridized carbons (Fsp3) is 0.500. The van der Waals surface area contributed by atoms with E-state index in [0.717, 1.165) is 17.5 Å². The van der Waals surface area contributed by atoms with Crippen LogP contribution in [0, 0.1) is 0 Å². The van der Waals surface area contributed by atoms with Crippen molar-refractivity contribution in [3.05, 3.63) is 47.8 Å². The van der Waals surface area contributed by atoms with Crippen molar-refractivity contribution in [2.45, 2.75) is 38.0 Å². The molecule has 1 N–H and O–H groups in total. The molecule has 0 radical (unpaired) electrons. The Morgan fingerprint density at radius 2 is 2.24 bits per heavy atom. The summed E-state index contributed by atoms with van der Waals surface area (Å²) in [6.07, 6.45) is 5.07. The third-order valence-corrected chi connectivity index (χ3v) is 4.49. The monoisotopic (exact) mass is 344 g/mol. The quantitative estimate of drug-likeness (QED) is 0.846. The van der Waals surface area contributed by atoms with Crippen molar-refractivity contribution in [2.24, 2.45) is 0 Å². The van der Waals surface area contributed by atoms with Gasteiger partial charge >= 0.3 is 0 Å². The van der Waals surface area contributed by atoms with Crippen LogP contribution in [0.4, 0.5) is 0 Å². The van der Waals surface area contributed by atoms with Crippen molar-refractivity contribution < 1.29 is 14.6 Å². The minimum atomic E-state index is -0.959. The SMILES string of the molecule is COCc1cccc(CC(=O)N2CCCC(O)(Cn3ccnn3)C2)c1. The molecular formula is C18H24N4O3.